The number of amides is 1. The Morgan fingerprint density at radius 1 is 1.53 bits per heavy atom. The summed E-state index contributed by atoms with van der Waals surface area (Å²) in [5.74, 6) is 1.26. The topological polar surface area (TPSA) is 87.9 Å². The lowest BCUT2D eigenvalue weighted by atomic mass is 10.3. The van der Waals surface area contributed by atoms with Crippen LogP contribution in [0.15, 0.2) is 10.6 Å². The lowest BCUT2D eigenvalue weighted by Crippen LogP contribution is -2.26. The zero-order valence-electron chi connectivity index (χ0n) is 9.89. The Labute approximate surface area is 97.8 Å². The van der Waals surface area contributed by atoms with Gasteiger partial charge >= 0.3 is 0 Å². The number of hydrogen-bond acceptors (Lipinski definition) is 5. The van der Waals surface area contributed by atoms with Crippen molar-refractivity contribution in [3.05, 3.63) is 29.2 Å². The van der Waals surface area contributed by atoms with Crippen LogP contribution in [-0.2, 0) is 6.54 Å². The number of carbonyl (C=O) groups is 1. The molecule has 0 aliphatic carbocycles. The molecule has 2 heterocycles. The summed E-state index contributed by atoms with van der Waals surface area (Å²) in [6.07, 6.45) is 0. The third kappa shape index (κ3) is 2.49. The van der Waals surface area contributed by atoms with E-state index in [0.29, 0.717) is 18.1 Å². The predicted molar refractivity (Wildman–Crippen MR) is 58.2 cm³/mol. The summed E-state index contributed by atoms with van der Waals surface area (Å²) in [5.41, 5.74) is 0.676. The molecule has 0 aromatic carbocycles. The van der Waals surface area contributed by atoms with E-state index in [2.05, 4.69) is 20.3 Å². The molecule has 0 atom stereocenters. The van der Waals surface area contributed by atoms with E-state index in [-0.39, 0.29) is 11.7 Å². The Bertz CT molecular complexity index is 530. The largest absolute Gasteiger partial charge is 0.351 e. The quantitative estimate of drug-likeness (QED) is 0.845. The molecule has 7 heteroatoms. The minimum absolute atomic E-state index is 0.220. The van der Waals surface area contributed by atoms with Crippen molar-refractivity contribution in [2.24, 2.45) is 0 Å². The number of nitrogens with zero attached hydrogens (tertiary/aromatic N) is 4. The maximum absolute atomic E-state index is 11.9. The van der Waals surface area contributed by atoms with E-state index in [1.165, 1.54) is 4.90 Å². The van der Waals surface area contributed by atoms with Crippen LogP contribution in [0, 0.1) is 13.8 Å². The molecule has 0 bridgehead atoms. The van der Waals surface area contributed by atoms with Crippen LogP contribution in [0.5, 0.6) is 0 Å². The molecule has 0 aliphatic rings. The molecule has 0 saturated heterocycles. The summed E-state index contributed by atoms with van der Waals surface area (Å²) in [7, 11) is 1.66. The highest BCUT2D eigenvalue weighted by atomic mass is 16.5. The van der Waals surface area contributed by atoms with Crippen molar-refractivity contribution in [1.82, 2.24) is 25.2 Å². The van der Waals surface area contributed by atoms with Gasteiger partial charge in [0.1, 0.15) is 5.82 Å². The molecule has 2 aromatic heterocycles. The van der Waals surface area contributed by atoms with Crippen LogP contribution in [0.1, 0.15) is 27.9 Å². The van der Waals surface area contributed by atoms with Crippen LogP contribution >= 0.6 is 0 Å². The molecule has 0 unspecified atom stereocenters. The highest BCUT2D eigenvalue weighted by Gasteiger charge is 2.17. The average molecular weight is 235 g/mol. The first-order chi connectivity index (χ1) is 8.06. The second-order valence-corrected chi connectivity index (χ2v) is 3.83. The summed E-state index contributed by atoms with van der Waals surface area (Å²) >= 11 is 0. The van der Waals surface area contributed by atoms with Crippen LogP contribution in [-0.4, -0.2) is 38.2 Å². The molecule has 0 aliphatic heterocycles. The van der Waals surface area contributed by atoms with Gasteiger partial charge in [-0.1, -0.05) is 5.16 Å². The molecule has 7 nitrogen and oxygen atoms in total. The van der Waals surface area contributed by atoms with Crippen molar-refractivity contribution < 1.29 is 9.32 Å². The van der Waals surface area contributed by atoms with E-state index >= 15 is 0 Å². The number of aromatic nitrogens is 4. The first kappa shape index (κ1) is 11.3. The van der Waals surface area contributed by atoms with Crippen molar-refractivity contribution in [2.75, 3.05) is 7.05 Å². The molecule has 1 N–H and O–H groups in total. The van der Waals surface area contributed by atoms with Gasteiger partial charge in [0, 0.05) is 13.1 Å². The molecule has 17 heavy (non-hydrogen) atoms. The fourth-order valence-corrected chi connectivity index (χ4v) is 1.40. The maximum Gasteiger partial charge on any atom is 0.292 e. The zero-order chi connectivity index (χ0) is 12.4. The van der Waals surface area contributed by atoms with Crippen LogP contribution < -0.4 is 0 Å². The highest BCUT2D eigenvalue weighted by Crippen LogP contribution is 2.07. The molecule has 0 fully saturated rings. The standard InChI is InChI=1S/C10H13N5O2/c1-6-4-8(17-14-6)10(16)15(3)5-9-11-7(2)12-13-9/h4H,5H2,1-3H3,(H,11,12,13). The lowest BCUT2D eigenvalue weighted by Gasteiger charge is -2.12. The minimum atomic E-state index is -0.243. The number of aromatic amines is 1. The van der Waals surface area contributed by atoms with E-state index < -0.39 is 0 Å². The Morgan fingerprint density at radius 3 is 2.82 bits per heavy atom. The van der Waals surface area contributed by atoms with Crippen molar-refractivity contribution in [3.8, 4) is 0 Å². The fraction of sp³-hybridized carbons (Fsp3) is 0.400. The maximum atomic E-state index is 11.9. The second-order valence-electron chi connectivity index (χ2n) is 3.83. The van der Waals surface area contributed by atoms with Gasteiger partial charge in [-0.15, -0.1) is 0 Å². The molecule has 2 rings (SSSR count). The Morgan fingerprint density at radius 2 is 2.29 bits per heavy atom. The van der Waals surface area contributed by atoms with Gasteiger partial charge in [-0.3, -0.25) is 9.89 Å². The smallest absolute Gasteiger partial charge is 0.292 e. The molecule has 90 valence electrons. The van der Waals surface area contributed by atoms with Crippen LogP contribution in [0.4, 0.5) is 0 Å². The predicted octanol–water partition coefficient (Wildman–Crippen LogP) is 0.682. The molecule has 2 aromatic rings. The molecule has 0 saturated carbocycles. The molecular formula is C10H13N5O2. The second kappa shape index (κ2) is 4.36. The van der Waals surface area contributed by atoms with Crippen LogP contribution in [0.25, 0.3) is 0 Å². The number of nitrogens with one attached hydrogen (secondary N) is 1. The summed E-state index contributed by atoms with van der Waals surface area (Å²) in [6.45, 7) is 3.89. The average Bonchev–Trinajstić information content (AvgIpc) is 2.87. The first-order valence-corrected chi connectivity index (χ1v) is 5.13. The van der Waals surface area contributed by atoms with Crippen molar-refractivity contribution >= 4 is 5.91 Å². The summed E-state index contributed by atoms with van der Waals surface area (Å²) in [6, 6.07) is 1.60. The molecule has 0 spiro atoms. The first-order valence-electron chi connectivity index (χ1n) is 5.13. The Kier molecular flexibility index (Phi) is 2.90. The van der Waals surface area contributed by atoms with Gasteiger partial charge in [-0.05, 0) is 13.8 Å². The number of carbonyl (C=O) groups excluding carboxylic acids is 1. The summed E-state index contributed by atoms with van der Waals surface area (Å²) in [5, 5.41) is 10.4. The number of H-pyrrole nitrogens is 1. The monoisotopic (exact) mass is 235 g/mol. The van der Waals surface area contributed by atoms with E-state index in [0.717, 1.165) is 5.82 Å². The number of aryl methyl sites for hydroxylation is 2. The molecule has 1 amide bonds. The minimum Gasteiger partial charge on any atom is -0.351 e. The van der Waals surface area contributed by atoms with Gasteiger partial charge in [0.25, 0.3) is 5.91 Å². The van der Waals surface area contributed by atoms with Crippen molar-refractivity contribution in [1.29, 1.82) is 0 Å². The van der Waals surface area contributed by atoms with Gasteiger partial charge in [0.15, 0.2) is 5.82 Å². The lowest BCUT2D eigenvalue weighted by molar-refractivity contribution is 0.0740. The SMILES string of the molecule is Cc1cc(C(=O)N(C)Cc2n[nH]c(C)n2)on1. The van der Waals surface area contributed by atoms with Gasteiger partial charge in [-0.25, -0.2) is 4.98 Å². The van der Waals surface area contributed by atoms with Gasteiger partial charge in [0.2, 0.25) is 5.76 Å². The van der Waals surface area contributed by atoms with E-state index in [9.17, 15) is 4.79 Å². The normalized spacial score (nSPS) is 10.5. The molecular weight excluding hydrogens is 222 g/mol. The summed E-state index contributed by atoms with van der Waals surface area (Å²) in [4.78, 5) is 17.5. The van der Waals surface area contributed by atoms with E-state index in [1.54, 1.807) is 27.0 Å². The third-order valence-corrected chi connectivity index (χ3v) is 2.21. The number of rotatable bonds is 3. The number of hydrogen-bond donors (Lipinski definition) is 1. The third-order valence-electron chi connectivity index (χ3n) is 2.21. The van der Waals surface area contributed by atoms with E-state index in [1.807, 2.05) is 0 Å². The Hall–Kier alpha value is -2.18. The highest BCUT2D eigenvalue weighted by molar-refractivity contribution is 5.91. The van der Waals surface area contributed by atoms with Gasteiger partial charge < -0.3 is 9.42 Å². The van der Waals surface area contributed by atoms with Crippen LogP contribution in [0.2, 0.25) is 0 Å². The zero-order valence-corrected chi connectivity index (χ0v) is 9.89. The van der Waals surface area contributed by atoms with Gasteiger partial charge in [0.05, 0.1) is 12.2 Å². The summed E-state index contributed by atoms with van der Waals surface area (Å²) < 4.78 is 4.90. The van der Waals surface area contributed by atoms with E-state index in [4.69, 9.17) is 4.52 Å². The fourth-order valence-electron chi connectivity index (χ4n) is 1.40. The van der Waals surface area contributed by atoms with Crippen LogP contribution in [0.3, 0.4) is 0 Å². The molecule has 0 radical (unpaired) electrons. The van der Waals surface area contributed by atoms with Crippen molar-refractivity contribution in [3.63, 3.8) is 0 Å². The van der Waals surface area contributed by atoms with Crippen molar-refractivity contribution in [2.45, 2.75) is 20.4 Å². The Balaban J connectivity index is 2.05. The van der Waals surface area contributed by atoms with Gasteiger partial charge in [-0.2, -0.15) is 5.10 Å².